The average Bonchev–Trinajstić information content (AvgIpc) is 2.30. The molecule has 0 saturated heterocycles. The molecular formula is C12H16FN3OS. The molecule has 0 fully saturated rings. The van der Waals surface area contributed by atoms with Crippen LogP contribution in [0.3, 0.4) is 0 Å². The zero-order valence-electron chi connectivity index (χ0n) is 10.3. The molecule has 2 amide bonds. The third-order valence-electron chi connectivity index (χ3n) is 2.57. The molecule has 0 aliphatic rings. The Morgan fingerprint density at radius 2 is 2.06 bits per heavy atom. The van der Waals surface area contributed by atoms with Crippen LogP contribution in [0.15, 0.2) is 24.3 Å². The van der Waals surface area contributed by atoms with Crippen LogP contribution in [0.5, 0.6) is 0 Å². The second-order valence-electron chi connectivity index (χ2n) is 4.07. The minimum atomic E-state index is -0.344. The van der Waals surface area contributed by atoms with Crippen molar-refractivity contribution < 1.29 is 9.18 Å². The predicted molar refractivity (Wildman–Crippen MR) is 74.0 cm³/mol. The number of urea groups is 1. The molecule has 1 atom stereocenters. The van der Waals surface area contributed by atoms with Gasteiger partial charge in [0.1, 0.15) is 5.82 Å². The van der Waals surface area contributed by atoms with Gasteiger partial charge in [-0.1, -0.05) is 12.2 Å². The number of nitrogens with two attached hydrogens (primary N) is 1. The van der Waals surface area contributed by atoms with Crippen LogP contribution in [0.1, 0.15) is 13.3 Å². The van der Waals surface area contributed by atoms with E-state index in [2.05, 4.69) is 5.32 Å². The summed E-state index contributed by atoms with van der Waals surface area (Å²) in [5, 5.41) is 2.66. The molecule has 98 valence electrons. The molecule has 1 aromatic rings. The van der Waals surface area contributed by atoms with E-state index in [1.807, 2.05) is 6.92 Å². The largest absolute Gasteiger partial charge is 0.393 e. The molecule has 0 bridgehead atoms. The Morgan fingerprint density at radius 1 is 1.50 bits per heavy atom. The maximum atomic E-state index is 12.7. The highest BCUT2D eigenvalue weighted by atomic mass is 32.1. The second-order valence-corrected chi connectivity index (χ2v) is 4.59. The van der Waals surface area contributed by atoms with Crippen LogP contribution in [0.25, 0.3) is 0 Å². The van der Waals surface area contributed by atoms with Crippen LogP contribution in [-0.2, 0) is 0 Å². The first kappa shape index (κ1) is 14.4. The smallest absolute Gasteiger partial charge is 0.321 e. The number of nitrogens with zero attached hydrogens (tertiary/aromatic N) is 1. The fraction of sp³-hybridized carbons (Fsp3) is 0.333. The molecule has 4 nitrogen and oxygen atoms in total. The van der Waals surface area contributed by atoms with Gasteiger partial charge < -0.3 is 16.0 Å². The minimum absolute atomic E-state index is 0.0945. The summed E-state index contributed by atoms with van der Waals surface area (Å²) in [5.41, 5.74) is 5.97. The van der Waals surface area contributed by atoms with Gasteiger partial charge in [0.15, 0.2) is 0 Å². The summed E-state index contributed by atoms with van der Waals surface area (Å²) in [6.07, 6.45) is 0.461. The van der Waals surface area contributed by atoms with Crippen LogP contribution < -0.4 is 11.1 Å². The molecule has 0 aliphatic heterocycles. The molecule has 3 N–H and O–H groups in total. The van der Waals surface area contributed by atoms with E-state index in [-0.39, 0.29) is 17.9 Å². The highest BCUT2D eigenvalue weighted by Crippen LogP contribution is 2.10. The van der Waals surface area contributed by atoms with Crippen LogP contribution in [0.2, 0.25) is 0 Å². The van der Waals surface area contributed by atoms with Crippen molar-refractivity contribution in [1.82, 2.24) is 4.90 Å². The molecule has 1 aromatic carbocycles. The zero-order valence-corrected chi connectivity index (χ0v) is 11.1. The summed E-state index contributed by atoms with van der Waals surface area (Å²) >= 11 is 4.80. The Labute approximate surface area is 111 Å². The van der Waals surface area contributed by atoms with Gasteiger partial charge in [-0.05, 0) is 31.2 Å². The first-order valence-corrected chi connectivity index (χ1v) is 5.88. The molecule has 6 heteroatoms. The molecule has 0 saturated carbocycles. The highest BCUT2D eigenvalue weighted by Gasteiger charge is 2.16. The average molecular weight is 269 g/mol. The van der Waals surface area contributed by atoms with Crippen molar-refractivity contribution in [3.8, 4) is 0 Å². The van der Waals surface area contributed by atoms with Gasteiger partial charge in [0.25, 0.3) is 0 Å². The number of carbonyl (C=O) groups is 1. The summed E-state index contributed by atoms with van der Waals surface area (Å²) in [6.45, 7) is 1.85. The van der Waals surface area contributed by atoms with Crippen molar-refractivity contribution in [1.29, 1.82) is 0 Å². The van der Waals surface area contributed by atoms with Crippen LogP contribution in [0.4, 0.5) is 14.9 Å². The number of benzene rings is 1. The summed E-state index contributed by atoms with van der Waals surface area (Å²) in [5.74, 6) is -0.344. The lowest BCUT2D eigenvalue weighted by atomic mass is 10.2. The predicted octanol–water partition coefficient (Wildman–Crippen LogP) is 2.35. The second kappa shape index (κ2) is 6.30. The normalized spacial score (nSPS) is 11.7. The molecule has 0 aliphatic carbocycles. The van der Waals surface area contributed by atoms with Crippen molar-refractivity contribution in [3.63, 3.8) is 0 Å². The maximum Gasteiger partial charge on any atom is 0.321 e. The van der Waals surface area contributed by atoms with Crippen LogP contribution in [0, 0.1) is 5.82 Å². The van der Waals surface area contributed by atoms with Gasteiger partial charge >= 0.3 is 6.03 Å². The lowest BCUT2D eigenvalue weighted by Gasteiger charge is -2.24. The van der Waals surface area contributed by atoms with Gasteiger partial charge in [-0.3, -0.25) is 0 Å². The number of hydrogen-bond acceptors (Lipinski definition) is 2. The topological polar surface area (TPSA) is 58.4 Å². The number of amides is 2. The van der Waals surface area contributed by atoms with E-state index in [9.17, 15) is 9.18 Å². The van der Waals surface area contributed by atoms with Crippen molar-refractivity contribution in [3.05, 3.63) is 30.1 Å². The van der Waals surface area contributed by atoms with Gasteiger partial charge in [0.05, 0.1) is 4.99 Å². The fourth-order valence-electron chi connectivity index (χ4n) is 1.37. The lowest BCUT2D eigenvalue weighted by molar-refractivity contribution is 0.209. The Bertz CT molecular complexity index is 435. The van der Waals surface area contributed by atoms with Gasteiger partial charge in [-0.2, -0.15) is 0 Å². The molecule has 0 radical (unpaired) electrons. The van der Waals surface area contributed by atoms with Gasteiger partial charge in [-0.25, -0.2) is 9.18 Å². The number of anilines is 1. The van der Waals surface area contributed by atoms with E-state index in [1.165, 1.54) is 29.2 Å². The third kappa shape index (κ3) is 4.29. The minimum Gasteiger partial charge on any atom is -0.393 e. The number of rotatable bonds is 4. The van der Waals surface area contributed by atoms with E-state index in [0.29, 0.717) is 17.1 Å². The van der Waals surface area contributed by atoms with E-state index in [1.54, 1.807) is 7.05 Å². The monoisotopic (exact) mass is 269 g/mol. The Hall–Kier alpha value is -1.69. The van der Waals surface area contributed by atoms with Crippen molar-refractivity contribution in [2.45, 2.75) is 19.4 Å². The van der Waals surface area contributed by atoms with Crippen molar-refractivity contribution in [2.75, 3.05) is 12.4 Å². The highest BCUT2D eigenvalue weighted by molar-refractivity contribution is 7.80. The molecule has 0 spiro atoms. The SMILES string of the molecule is CC(CC(N)=S)N(C)C(=O)Nc1ccc(F)cc1. The molecule has 18 heavy (non-hydrogen) atoms. The van der Waals surface area contributed by atoms with Crippen LogP contribution in [-0.4, -0.2) is 29.0 Å². The Morgan fingerprint density at radius 3 is 2.56 bits per heavy atom. The van der Waals surface area contributed by atoms with Crippen molar-refractivity contribution in [2.24, 2.45) is 5.73 Å². The van der Waals surface area contributed by atoms with Crippen LogP contribution >= 0.6 is 12.2 Å². The fourth-order valence-corrected chi connectivity index (χ4v) is 1.61. The molecule has 0 aromatic heterocycles. The van der Waals surface area contributed by atoms with E-state index in [4.69, 9.17) is 18.0 Å². The standard InChI is InChI=1S/C12H16FN3OS/c1-8(7-11(14)18)16(2)12(17)15-10-5-3-9(13)4-6-10/h3-6,8H,7H2,1-2H3,(H2,14,18)(H,15,17). The zero-order chi connectivity index (χ0) is 13.7. The van der Waals surface area contributed by atoms with E-state index >= 15 is 0 Å². The summed E-state index contributed by atoms with van der Waals surface area (Å²) in [6, 6.07) is 5.19. The van der Waals surface area contributed by atoms with Gasteiger partial charge in [-0.15, -0.1) is 0 Å². The number of hydrogen-bond donors (Lipinski definition) is 2. The van der Waals surface area contributed by atoms with Crippen molar-refractivity contribution >= 4 is 28.9 Å². The number of halogens is 1. The van der Waals surface area contributed by atoms with Gasteiger partial charge in [0, 0.05) is 25.2 Å². The lowest BCUT2D eigenvalue weighted by Crippen LogP contribution is -2.40. The first-order chi connectivity index (χ1) is 8.40. The molecule has 1 unspecified atom stereocenters. The quantitative estimate of drug-likeness (QED) is 0.825. The first-order valence-electron chi connectivity index (χ1n) is 5.48. The van der Waals surface area contributed by atoms with Gasteiger partial charge in [0.2, 0.25) is 0 Å². The molecule has 0 heterocycles. The Balaban J connectivity index is 2.59. The number of nitrogens with one attached hydrogen (secondary N) is 1. The third-order valence-corrected chi connectivity index (χ3v) is 2.74. The Kier molecular flexibility index (Phi) is 5.03. The summed E-state index contributed by atoms with van der Waals surface area (Å²) < 4.78 is 12.7. The number of thiocarbonyl (C=S) groups is 1. The van der Waals surface area contributed by atoms with E-state index < -0.39 is 0 Å². The number of carbonyl (C=O) groups excluding carboxylic acids is 1. The summed E-state index contributed by atoms with van der Waals surface area (Å²) in [7, 11) is 1.65. The molecular weight excluding hydrogens is 253 g/mol. The van der Waals surface area contributed by atoms with E-state index in [0.717, 1.165) is 0 Å². The summed E-state index contributed by atoms with van der Waals surface area (Å²) in [4.78, 5) is 13.7. The maximum absolute atomic E-state index is 12.7. The molecule has 1 rings (SSSR count).